The third kappa shape index (κ3) is 4.12. The van der Waals surface area contributed by atoms with Crippen LogP contribution in [0.15, 0.2) is 78.2 Å². The van der Waals surface area contributed by atoms with Crippen molar-refractivity contribution in [3.05, 3.63) is 83.9 Å². The molecule has 4 N–H and O–H groups in total. The van der Waals surface area contributed by atoms with Gasteiger partial charge >= 0.3 is 5.69 Å². The third-order valence-electron chi connectivity index (χ3n) is 6.27. The van der Waals surface area contributed by atoms with E-state index in [0.717, 1.165) is 12.8 Å². The molecule has 2 aromatic carbocycles. The van der Waals surface area contributed by atoms with Crippen LogP contribution in [0.2, 0.25) is 0 Å². The fourth-order valence-corrected chi connectivity index (χ4v) is 4.61. The van der Waals surface area contributed by atoms with Crippen LogP contribution in [0.5, 0.6) is 11.5 Å². The fraction of sp³-hybridized carbons (Fsp3) is 0.192. The molecule has 1 atom stereocenters. The molecule has 1 aliphatic heterocycles. The van der Waals surface area contributed by atoms with Gasteiger partial charge in [0, 0.05) is 25.0 Å². The van der Waals surface area contributed by atoms with Gasteiger partial charge in [-0.1, -0.05) is 6.58 Å². The number of imidazole rings is 1. The molecule has 9 nitrogen and oxygen atoms in total. The number of benzene rings is 2. The number of rotatable bonds is 5. The average Bonchev–Trinajstić information content (AvgIpc) is 3.18. The summed E-state index contributed by atoms with van der Waals surface area (Å²) in [6.45, 7) is 4.67. The molecule has 1 fully saturated rings. The van der Waals surface area contributed by atoms with Crippen molar-refractivity contribution in [2.75, 3.05) is 24.6 Å². The van der Waals surface area contributed by atoms with E-state index in [1.165, 1.54) is 6.08 Å². The number of carbonyl (C=O) groups excluding carboxylic acids is 1. The molecule has 9 heteroatoms. The van der Waals surface area contributed by atoms with Crippen molar-refractivity contribution in [2.24, 2.45) is 0 Å². The summed E-state index contributed by atoms with van der Waals surface area (Å²) in [5.41, 5.74) is 14.3. The number of nitrogen functional groups attached to an aromatic ring is 2. The van der Waals surface area contributed by atoms with Gasteiger partial charge in [0.05, 0.1) is 17.2 Å². The molecule has 0 saturated carbocycles. The van der Waals surface area contributed by atoms with Gasteiger partial charge in [0.1, 0.15) is 22.8 Å². The van der Waals surface area contributed by atoms with Crippen LogP contribution in [0.1, 0.15) is 18.9 Å². The van der Waals surface area contributed by atoms with Gasteiger partial charge in [-0.15, -0.1) is 0 Å². The van der Waals surface area contributed by atoms with E-state index >= 15 is 0 Å². The molecule has 0 unspecified atom stereocenters. The smallest absolute Gasteiger partial charge is 0.334 e. The predicted molar refractivity (Wildman–Crippen MR) is 136 cm³/mol. The van der Waals surface area contributed by atoms with E-state index in [9.17, 15) is 9.59 Å². The maximum Gasteiger partial charge on any atom is 0.334 e. The number of fused-ring (bicyclic) bond motifs is 1. The number of nitrogens with zero attached hydrogens (tertiary/aromatic N) is 4. The van der Waals surface area contributed by atoms with E-state index < -0.39 is 0 Å². The lowest BCUT2D eigenvalue weighted by Crippen LogP contribution is -2.42. The highest BCUT2D eigenvalue weighted by molar-refractivity contribution is 5.88. The Labute approximate surface area is 201 Å². The first-order chi connectivity index (χ1) is 17.0. The van der Waals surface area contributed by atoms with Gasteiger partial charge in [0.2, 0.25) is 5.91 Å². The van der Waals surface area contributed by atoms with E-state index in [0.29, 0.717) is 47.0 Å². The van der Waals surface area contributed by atoms with Crippen LogP contribution in [-0.2, 0) is 4.79 Å². The van der Waals surface area contributed by atoms with Gasteiger partial charge in [-0.25, -0.2) is 9.78 Å². The number of likely N-dealkylation sites (tertiary alicyclic amines) is 1. The van der Waals surface area contributed by atoms with Crippen LogP contribution in [-0.4, -0.2) is 38.0 Å². The van der Waals surface area contributed by atoms with Crippen LogP contribution in [0.25, 0.3) is 16.7 Å². The van der Waals surface area contributed by atoms with E-state index in [1.807, 2.05) is 0 Å². The molecule has 4 aromatic rings. The number of amides is 1. The minimum Gasteiger partial charge on any atom is -0.457 e. The van der Waals surface area contributed by atoms with Crippen molar-refractivity contribution < 1.29 is 9.53 Å². The second kappa shape index (κ2) is 9.02. The fourth-order valence-electron chi connectivity index (χ4n) is 4.61. The number of nitrogens with two attached hydrogens (primary N) is 2. The van der Waals surface area contributed by atoms with Crippen molar-refractivity contribution in [1.29, 1.82) is 0 Å². The number of ether oxygens (including phenoxy) is 1. The Balaban J connectivity index is 1.54. The Kier molecular flexibility index (Phi) is 5.74. The zero-order valence-corrected chi connectivity index (χ0v) is 19.1. The molecule has 1 aliphatic rings. The van der Waals surface area contributed by atoms with Crippen LogP contribution in [0.4, 0.5) is 11.5 Å². The Morgan fingerprint density at radius 3 is 2.43 bits per heavy atom. The summed E-state index contributed by atoms with van der Waals surface area (Å²) in [6.07, 6.45) is 4.47. The van der Waals surface area contributed by atoms with Crippen molar-refractivity contribution in [1.82, 2.24) is 19.0 Å². The van der Waals surface area contributed by atoms with E-state index in [4.69, 9.17) is 16.2 Å². The van der Waals surface area contributed by atoms with E-state index in [2.05, 4.69) is 11.6 Å². The Bertz CT molecular complexity index is 1450. The van der Waals surface area contributed by atoms with Crippen molar-refractivity contribution >= 4 is 28.4 Å². The largest absolute Gasteiger partial charge is 0.457 e. The van der Waals surface area contributed by atoms with Crippen LogP contribution < -0.4 is 21.9 Å². The number of hydrogen-bond donors (Lipinski definition) is 2. The van der Waals surface area contributed by atoms with Crippen molar-refractivity contribution in [3.63, 3.8) is 0 Å². The van der Waals surface area contributed by atoms with Crippen molar-refractivity contribution in [3.8, 4) is 17.2 Å². The summed E-state index contributed by atoms with van der Waals surface area (Å²) in [7, 11) is 0. The molecule has 5 rings (SSSR count). The highest BCUT2D eigenvalue weighted by Gasteiger charge is 2.28. The van der Waals surface area contributed by atoms with Crippen LogP contribution in [0.3, 0.4) is 0 Å². The second-order valence-corrected chi connectivity index (χ2v) is 8.50. The summed E-state index contributed by atoms with van der Waals surface area (Å²) in [5, 5.41) is 0. The van der Waals surface area contributed by atoms with Gasteiger partial charge in [0.25, 0.3) is 0 Å². The Morgan fingerprint density at radius 2 is 1.74 bits per heavy atom. The summed E-state index contributed by atoms with van der Waals surface area (Å²) in [4.78, 5) is 31.9. The maximum atomic E-state index is 13.8. The van der Waals surface area contributed by atoms with Gasteiger partial charge in [-0.3, -0.25) is 13.9 Å². The summed E-state index contributed by atoms with van der Waals surface area (Å²) in [5.74, 6) is 1.40. The first kappa shape index (κ1) is 22.3. The molecule has 0 radical (unpaired) electrons. The first-order valence-corrected chi connectivity index (χ1v) is 11.4. The summed E-state index contributed by atoms with van der Waals surface area (Å²) < 4.78 is 9.18. The molecule has 0 bridgehead atoms. The van der Waals surface area contributed by atoms with Gasteiger partial charge in [-0.05, 0) is 73.5 Å². The molecular weight excluding hydrogens is 444 g/mol. The third-order valence-corrected chi connectivity index (χ3v) is 6.27. The zero-order chi connectivity index (χ0) is 24.5. The lowest BCUT2D eigenvalue weighted by atomic mass is 10.1. The summed E-state index contributed by atoms with van der Waals surface area (Å²) >= 11 is 0. The predicted octanol–water partition coefficient (Wildman–Crippen LogP) is 3.49. The van der Waals surface area contributed by atoms with E-state index in [1.54, 1.807) is 74.8 Å². The Morgan fingerprint density at radius 1 is 1.06 bits per heavy atom. The quantitative estimate of drug-likeness (QED) is 0.340. The molecule has 0 spiro atoms. The molecule has 1 amide bonds. The zero-order valence-electron chi connectivity index (χ0n) is 19.1. The normalized spacial score (nSPS) is 15.8. The molecule has 2 aromatic heterocycles. The lowest BCUT2D eigenvalue weighted by molar-refractivity contribution is -0.127. The van der Waals surface area contributed by atoms with Gasteiger partial charge in [-0.2, -0.15) is 0 Å². The molecule has 0 aliphatic carbocycles. The number of pyridine rings is 1. The van der Waals surface area contributed by atoms with Crippen LogP contribution >= 0.6 is 0 Å². The second-order valence-electron chi connectivity index (χ2n) is 8.50. The molecule has 3 heterocycles. The monoisotopic (exact) mass is 470 g/mol. The van der Waals surface area contributed by atoms with E-state index in [-0.39, 0.29) is 23.5 Å². The topological polar surface area (TPSA) is 121 Å². The minimum absolute atomic E-state index is 0.135. The summed E-state index contributed by atoms with van der Waals surface area (Å²) in [6, 6.07) is 15.9. The highest BCUT2D eigenvalue weighted by Crippen LogP contribution is 2.29. The average molecular weight is 471 g/mol. The maximum absolute atomic E-state index is 13.8. The van der Waals surface area contributed by atoms with Gasteiger partial charge < -0.3 is 21.1 Å². The minimum atomic E-state index is -0.232. The number of hydrogen-bond acceptors (Lipinski definition) is 6. The molecule has 178 valence electrons. The number of piperidine rings is 1. The standard InChI is InChI=1S/C26H26N6O3/c1-2-23(33)30-15-3-4-19(16-30)31-22-13-14-29-25(28)24(22)32(26(31)34)18-7-11-21(12-8-18)35-20-9-5-17(27)6-10-20/h2,5-14,19H,1,3-4,15-16,27H2,(H2,28,29)/t19-/m1/s1. The Hall–Kier alpha value is -4.53. The number of carbonyl (C=O) groups is 1. The van der Waals surface area contributed by atoms with Crippen LogP contribution in [0, 0.1) is 0 Å². The van der Waals surface area contributed by atoms with Gasteiger partial charge in [0.15, 0.2) is 0 Å². The lowest BCUT2D eigenvalue weighted by Gasteiger charge is -2.32. The highest BCUT2D eigenvalue weighted by atomic mass is 16.5. The molecule has 1 saturated heterocycles. The first-order valence-electron chi connectivity index (χ1n) is 11.4. The SMILES string of the molecule is C=CC(=O)N1CCC[C@@H](n2c(=O)n(-c3ccc(Oc4ccc(N)cc4)cc3)c3c(N)nccc32)C1. The molecule has 35 heavy (non-hydrogen) atoms. The number of aromatic nitrogens is 3. The van der Waals surface area contributed by atoms with Crippen molar-refractivity contribution in [2.45, 2.75) is 18.9 Å². The molecular formula is C26H26N6O3. The number of anilines is 2.